The number of hydrogen-bond donors (Lipinski definition) is 7. The van der Waals surface area contributed by atoms with Gasteiger partial charge in [0.1, 0.15) is 53.2 Å². The van der Waals surface area contributed by atoms with Gasteiger partial charge in [0.2, 0.25) is 4.91 Å². The highest BCUT2D eigenvalue weighted by Gasteiger charge is 2.46. The van der Waals surface area contributed by atoms with Crippen LogP contribution in [0.5, 0.6) is 0 Å². The van der Waals surface area contributed by atoms with Crippen molar-refractivity contribution < 1.29 is 66.2 Å². The number of nitrogens with one attached hydrogen (secondary N) is 3. The molecule has 10 atom stereocenters. The quantitative estimate of drug-likeness (QED) is 0.0106. The molecule has 0 aromatic carbocycles. The van der Waals surface area contributed by atoms with Crippen LogP contribution < -0.4 is 27.2 Å². The minimum absolute atomic E-state index is 0.0216. The van der Waals surface area contributed by atoms with Crippen LogP contribution in [0.25, 0.3) is 0 Å². The number of ether oxygens (including phenoxy) is 3. The van der Waals surface area contributed by atoms with Gasteiger partial charge in [0.15, 0.2) is 12.3 Å². The average molecular weight is 1220 g/mol. The van der Waals surface area contributed by atoms with Gasteiger partial charge < -0.3 is 39.5 Å². The first-order valence-electron chi connectivity index (χ1n) is 30.8. The fraction of sp³-hybridized carbons (Fsp3) is 0.839. The lowest BCUT2D eigenvalue weighted by atomic mass is 10.0. The zero-order valence-corrected chi connectivity index (χ0v) is 51.3. The van der Waals surface area contributed by atoms with Crippen LogP contribution in [-0.2, 0) is 46.2 Å². The van der Waals surface area contributed by atoms with Crippen molar-refractivity contribution in [3.05, 3.63) is 55.3 Å². The summed E-state index contributed by atoms with van der Waals surface area (Å²) in [5, 5.41) is 28.7. The first-order valence-corrected chi connectivity index (χ1v) is 33.8. The van der Waals surface area contributed by atoms with Gasteiger partial charge in [-0.25, -0.2) is 18.7 Å². The number of aromatic amines is 1. The standard InChI is InChI=1S/C56H98N8O17P2/c1-4-6-8-10-12-14-16-18-19-20-22-24-26-28-30-32-35-58-48-34-36-63(55(69)59-48)54-52(67)51(66)47(81-54)42-78-83(73,74)76-40-44(79-50(65)33-31-29-27-25-23-21-17-15-13-11-9-7-5-2)39-75-82(71,72)77-41-46-45(61-62-57)37-49(80-46)64-38-43(3)53(68)60-56(64)70/h34,36,38,44-47,49,51-52,54,57,66-67H,4-33,35,37,39-42H2,1-3H3,(H3-,58,59,60,68,69,70,71,72,73,74)/p+1. The number of phosphoric ester groups is 2. The molecule has 2 aromatic rings. The summed E-state index contributed by atoms with van der Waals surface area (Å²) < 4.78 is 66.2. The Balaban J connectivity index is 1.23. The van der Waals surface area contributed by atoms with E-state index in [1.54, 1.807) is 0 Å². The van der Waals surface area contributed by atoms with Crippen LogP contribution in [0.2, 0.25) is 0 Å². The lowest BCUT2D eigenvalue weighted by Gasteiger charge is -2.22. The minimum Gasteiger partial charge on any atom is -0.457 e. The molecule has 4 rings (SSSR count). The predicted octanol–water partition coefficient (Wildman–Crippen LogP) is 10.3. The number of aryl methyl sites for hydroxylation is 1. The van der Waals surface area contributed by atoms with E-state index < -0.39 is 114 Å². The van der Waals surface area contributed by atoms with Gasteiger partial charge in [0.05, 0.1) is 26.4 Å². The normalized spacial score (nSPS) is 21.6. The number of carbonyl (C=O) groups excluding carboxylic acids is 1. The van der Waals surface area contributed by atoms with Crippen molar-refractivity contribution in [2.24, 2.45) is 5.11 Å². The van der Waals surface area contributed by atoms with E-state index in [0.717, 1.165) is 60.5 Å². The van der Waals surface area contributed by atoms with E-state index >= 15 is 0 Å². The first kappa shape index (κ1) is 71.7. The summed E-state index contributed by atoms with van der Waals surface area (Å²) >= 11 is 0. The van der Waals surface area contributed by atoms with E-state index in [1.165, 1.54) is 154 Å². The lowest BCUT2D eigenvalue weighted by Crippen LogP contribution is -2.36. The maximum absolute atomic E-state index is 13.2. The molecule has 0 aliphatic carbocycles. The number of rotatable bonds is 48. The molecule has 2 aliphatic heterocycles. The highest BCUT2D eigenvalue weighted by Crippen LogP contribution is 2.47. The maximum Gasteiger partial charge on any atom is 0.472 e. The molecule has 2 fully saturated rings. The van der Waals surface area contributed by atoms with Crippen LogP contribution >= 0.6 is 15.6 Å². The number of hydrogen-bond acceptors (Lipinski definition) is 19. The third-order valence-electron chi connectivity index (χ3n) is 15.1. The Hall–Kier alpha value is -3.80. The molecule has 474 valence electrons. The number of anilines is 1. The largest absolute Gasteiger partial charge is 0.472 e. The highest BCUT2D eigenvalue weighted by molar-refractivity contribution is 7.47. The first-order chi connectivity index (χ1) is 40.0. The molecule has 4 heterocycles. The fourth-order valence-corrected chi connectivity index (χ4v) is 11.7. The molecule has 2 aliphatic rings. The third-order valence-corrected chi connectivity index (χ3v) is 17.0. The van der Waals surface area contributed by atoms with Crippen molar-refractivity contribution in [1.29, 1.82) is 5.53 Å². The van der Waals surface area contributed by atoms with Crippen molar-refractivity contribution in [2.45, 2.75) is 269 Å². The topological polar surface area (TPSA) is 349 Å². The molecule has 10 unspecified atom stereocenters. The van der Waals surface area contributed by atoms with Gasteiger partial charge in [0, 0.05) is 37.3 Å². The molecule has 25 nitrogen and oxygen atoms in total. The lowest BCUT2D eigenvalue weighted by molar-refractivity contribution is -0.153. The van der Waals surface area contributed by atoms with Gasteiger partial charge in [-0.15, -0.1) is 0 Å². The van der Waals surface area contributed by atoms with Crippen LogP contribution in [0.1, 0.15) is 231 Å². The SMILES string of the molecule is CCCCCCCCCCCCCCCCCCNc1ccn(C2OC(COP(=O)(O)OCC(COP(=O)(O)OCC3OC(n4cc(C)c(=O)[nH]c4=O)CC3N=[N+]=N)OC(=O)CCCCCCCCCCCCCCC)C(O)C2O)c(=O)n1. The Kier molecular flexibility index (Phi) is 35.0. The van der Waals surface area contributed by atoms with E-state index in [0.29, 0.717) is 18.8 Å². The summed E-state index contributed by atoms with van der Waals surface area (Å²) in [5.74, 6) is -0.419. The number of aromatic nitrogens is 4. The highest BCUT2D eigenvalue weighted by atomic mass is 31.2. The van der Waals surface area contributed by atoms with Crippen LogP contribution in [0.4, 0.5) is 5.82 Å². The van der Waals surface area contributed by atoms with Crippen LogP contribution in [-0.4, -0.2) is 115 Å². The number of aliphatic hydroxyl groups is 2. The Labute approximate surface area is 489 Å². The number of nitrogens with zero attached hydrogens (tertiary/aromatic N) is 5. The molecule has 2 saturated heterocycles. The fourth-order valence-electron chi connectivity index (χ4n) is 10.1. The van der Waals surface area contributed by atoms with E-state index in [1.807, 2.05) is 0 Å². The number of unbranched alkanes of at least 4 members (excludes halogenated alkanes) is 27. The van der Waals surface area contributed by atoms with Gasteiger partial charge in [-0.1, -0.05) is 187 Å². The van der Waals surface area contributed by atoms with Crippen LogP contribution in [0.3, 0.4) is 0 Å². The molecule has 0 radical (unpaired) electrons. The molecule has 83 heavy (non-hydrogen) atoms. The van der Waals surface area contributed by atoms with Gasteiger partial charge in [-0.3, -0.25) is 41.8 Å². The van der Waals surface area contributed by atoms with Gasteiger partial charge >= 0.3 is 33.0 Å². The minimum atomic E-state index is -5.09. The monoisotopic (exact) mass is 1220 g/mol. The second-order valence-corrected chi connectivity index (χ2v) is 25.0. The number of esters is 1. The predicted molar refractivity (Wildman–Crippen MR) is 312 cm³/mol. The van der Waals surface area contributed by atoms with Crippen LogP contribution in [0, 0.1) is 12.5 Å². The van der Waals surface area contributed by atoms with E-state index in [2.05, 4.69) is 39.2 Å². The second kappa shape index (κ2) is 40.6. The van der Waals surface area contributed by atoms with Gasteiger partial charge in [-0.2, -0.15) is 4.98 Å². The van der Waals surface area contributed by atoms with Crippen molar-refractivity contribution in [3.63, 3.8) is 0 Å². The van der Waals surface area contributed by atoms with E-state index in [-0.39, 0.29) is 18.4 Å². The molecule has 0 bridgehead atoms. The molecular weight excluding hydrogens is 1120 g/mol. The summed E-state index contributed by atoms with van der Waals surface area (Å²) in [7, 11) is -10.1. The molecule has 0 saturated carbocycles. The molecule has 27 heteroatoms. The summed E-state index contributed by atoms with van der Waals surface area (Å²) in [6, 6.07) is 0.611. The molecule has 2 aromatic heterocycles. The van der Waals surface area contributed by atoms with Crippen molar-refractivity contribution in [1.82, 2.24) is 24.0 Å². The third kappa shape index (κ3) is 28.5. The Morgan fingerprint density at radius 3 is 1.70 bits per heavy atom. The Morgan fingerprint density at radius 2 is 1.20 bits per heavy atom. The number of aliphatic hydroxyl groups excluding tert-OH is 2. The number of carbonyl (C=O) groups is 1. The smallest absolute Gasteiger partial charge is 0.457 e. The zero-order chi connectivity index (χ0) is 60.3. The Morgan fingerprint density at radius 1 is 0.723 bits per heavy atom. The number of phosphoric acid groups is 2. The Bertz CT molecular complexity index is 2480. The summed E-state index contributed by atoms with van der Waals surface area (Å²) in [6.07, 6.45) is 26.9. The molecule has 0 amide bonds. The molecule has 7 N–H and O–H groups in total. The van der Waals surface area contributed by atoms with E-state index in [9.17, 15) is 48.3 Å². The van der Waals surface area contributed by atoms with E-state index in [4.69, 9.17) is 37.8 Å². The second-order valence-electron chi connectivity index (χ2n) is 22.1. The van der Waals surface area contributed by atoms with Gasteiger partial charge in [0.25, 0.3) is 5.56 Å². The number of H-pyrrole nitrogens is 1. The summed E-state index contributed by atoms with van der Waals surface area (Å²) in [6.45, 7) is 3.28. The summed E-state index contributed by atoms with van der Waals surface area (Å²) in [5.41, 5.74) is 5.29. The maximum atomic E-state index is 13.2. The molecular formula is C56H99N8O17P2+. The van der Waals surface area contributed by atoms with Crippen molar-refractivity contribution in [3.8, 4) is 0 Å². The van der Waals surface area contributed by atoms with Gasteiger partial charge in [-0.05, 0) is 25.8 Å². The van der Waals surface area contributed by atoms with Crippen molar-refractivity contribution in [2.75, 3.05) is 38.3 Å². The van der Waals surface area contributed by atoms with Crippen molar-refractivity contribution >= 4 is 27.4 Å². The average Bonchev–Trinajstić information content (AvgIpc) is 4.25. The molecule has 0 spiro atoms. The zero-order valence-electron chi connectivity index (χ0n) is 49.5. The summed E-state index contributed by atoms with van der Waals surface area (Å²) in [4.78, 5) is 81.3. The van der Waals surface area contributed by atoms with Crippen LogP contribution in [0.15, 0.2) is 38.0 Å².